The van der Waals surface area contributed by atoms with Gasteiger partial charge in [0.15, 0.2) is 0 Å². The van der Waals surface area contributed by atoms with E-state index in [0.29, 0.717) is 12.8 Å². The van der Waals surface area contributed by atoms with Crippen LogP contribution in [0.2, 0.25) is 0 Å². The molecule has 2 rings (SSSR count). The molecule has 1 aromatic rings. The molecule has 0 aromatic heterocycles. The molecule has 1 atom stereocenters. The monoisotopic (exact) mass is 244 g/mol. The van der Waals surface area contributed by atoms with Crippen LogP contribution < -0.4 is 0 Å². The first kappa shape index (κ1) is 13.0. The highest BCUT2D eigenvalue weighted by molar-refractivity contribution is 5.95. The first-order chi connectivity index (χ1) is 8.56. The number of rotatable bonds is 3. The van der Waals surface area contributed by atoms with Gasteiger partial charge >= 0.3 is 0 Å². The number of ketones is 2. The van der Waals surface area contributed by atoms with Crippen LogP contribution in [0.1, 0.15) is 50.2 Å². The summed E-state index contributed by atoms with van der Waals surface area (Å²) in [6.45, 7) is 3.61. The molecule has 0 heterocycles. The molecule has 1 aliphatic carbocycles. The van der Waals surface area contributed by atoms with E-state index in [4.69, 9.17) is 0 Å². The maximum Gasteiger partial charge on any atom is 0.143 e. The van der Waals surface area contributed by atoms with E-state index >= 15 is 0 Å². The van der Waals surface area contributed by atoms with Crippen LogP contribution in [0.15, 0.2) is 24.3 Å². The Hall–Kier alpha value is -1.44. The van der Waals surface area contributed by atoms with E-state index in [-0.39, 0.29) is 11.6 Å². The minimum atomic E-state index is -0.546. The molecule has 0 aliphatic heterocycles. The van der Waals surface area contributed by atoms with Crippen molar-refractivity contribution in [1.29, 1.82) is 0 Å². The lowest BCUT2D eigenvalue weighted by Crippen LogP contribution is -2.40. The average molecular weight is 244 g/mol. The zero-order chi connectivity index (χ0) is 13.2. The van der Waals surface area contributed by atoms with Crippen LogP contribution in [0.25, 0.3) is 0 Å². The Labute approximate surface area is 108 Å². The summed E-state index contributed by atoms with van der Waals surface area (Å²) < 4.78 is 0. The molecule has 0 radical (unpaired) electrons. The summed E-state index contributed by atoms with van der Waals surface area (Å²) in [5, 5.41) is 0. The molecule has 1 saturated carbocycles. The molecule has 0 saturated heterocycles. The third-order valence-electron chi connectivity index (χ3n) is 4.00. The highest BCUT2D eigenvalue weighted by Crippen LogP contribution is 2.41. The number of benzene rings is 1. The Kier molecular flexibility index (Phi) is 3.65. The summed E-state index contributed by atoms with van der Waals surface area (Å²) in [5.74, 6) is 0.353. The highest BCUT2D eigenvalue weighted by Gasteiger charge is 2.42. The standard InChI is InChI=1S/C16H20O2/c1-12-7-3-4-8-14(12)16(11-13(2)17)10-6-5-9-15(16)18/h3-4,7-8H,5-6,9-11H2,1-2H3/t16-/m1/s1. The van der Waals surface area contributed by atoms with Gasteiger partial charge in [0, 0.05) is 12.8 Å². The maximum atomic E-state index is 12.5. The largest absolute Gasteiger partial charge is 0.300 e. The summed E-state index contributed by atoms with van der Waals surface area (Å²) in [5.41, 5.74) is 1.63. The van der Waals surface area contributed by atoms with Gasteiger partial charge in [0.2, 0.25) is 0 Å². The molecule has 0 spiro atoms. The van der Waals surface area contributed by atoms with Gasteiger partial charge in [-0.2, -0.15) is 0 Å². The minimum Gasteiger partial charge on any atom is -0.300 e. The molecular formula is C16H20O2. The first-order valence-electron chi connectivity index (χ1n) is 6.65. The van der Waals surface area contributed by atoms with Crippen molar-refractivity contribution in [3.05, 3.63) is 35.4 Å². The van der Waals surface area contributed by atoms with Crippen molar-refractivity contribution < 1.29 is 9.59 Å². The van der Waals surface area contributed by atoms with Crippen LogP contribution >= 0.6 is 0 Å². The van der Waals surface area contributed by atoms with Crippen LogP contribution in [-0.4, -0.2) is 11.6 Å². The fourth-order valence-corrected chi connectivity index (χ4v) is 3.19. The quantitative estimate of drug-likeness (QED) is 0.817. The normalized spacial score (nSPS) is 24.0. The van der Waals surface area contributed by atoms with Crippen molar-refractivity contribution in [2.75, 3.05) is 0 Å². The van der Waals surface area contributed by atoms with Gasteiger partial charge in [-0.15, -0.1) is 0 Å². The Morgan fingerprint density at radius 2 is 2.00 bits per heavy atom. The van der Waals surface area contributed by atoms with Crippen molar-refractivity contribution >= 4 is 11.6 Å². The number of hydrogen-bond donors (Lipinski definition) is 0. The number of aryl methyl sites for hydroxylation is 1. The lowest BCUT2D eigenvalue weighted by molar-refractivity contribution is -0.131. The zero-order valence-corrected chi connectivity index (χ0v) is 11.2. The van der Waals surface area contributed by atoms with Gasteiger partial charge in [-0.3, -0.25) is 9.59 Å². The molecule has 0 bridgehead atoms. The van der Waals surface area contributed by atoms with E-state index in [9.17, 15) is 9.59 Å². The molecule has 96 valence electrons. The molecule has 0 N–H and O–H groups in total. The molecule has 2 heteroatoms. The molecule has 1 aliphatic rings. The molecule has 18 heavy (non-hydrogen) atoms. The van der Waals surface area contributed by atoms with E-state index in [2.05, 4.69) is 0 Å². The van der Waals surface area contributed by atoms with E-state index in [1.165, 1.54) is 0 Å². The second-order valence-corrected chi connectivity index (χ2v) is 5.41. The third-order valence-corrected chi connectivity index (χ3v) is 4.00. The summed E-state index contributed by atoms with van der Waals surface area (Å²) in [6, 6.07) is 7.99. The molecule has 1 fully saturated rings. The lowest BCUT2D eigenvalue weighted by atomic mass is 9.65. The Morgan fingerprint density at radius 1 is 1.28 bits per heavy atom. The molecule has 0 unspecified atom stereocenters. The Balaban J connectivity index is 2.51. The van der Waals surface area contributed by atoms with Crippen molar-refractivity contribution in [2.24, 2.45) is 0 Å². The van der Waals surface area contributed by atoms with Crippen molar-refractivity contribution in [3.63, 3.8) is 0 Å². The number of Topliss-reactive ketones (excluding diaryl/α,β-unsaturated/α-hetero) is 2. The second kappa shape index (κ2) is 5.05. The Morgan fingerprint density at radius 3 is 2.61 bits per heavy atom. The molecule has 2 nitrogen and oxygen atoms in total. The van der Waals surface area contributed by atoms with E-state index in [1.807, 2.05) is 31.2 Å². The lowest BCUT2D eigenvalue weighted by Gasteiger charge is -2.36. The van der Waals surface area contributed by atoms with Crippen molar-refractivity contribution in [2.45, 2.75) is 51.4 Å². The topological polar surface area (TPSA) is 34.1 Å². The summed E-state index contributed by atoms with van der Waals surface area (Å²) >= 11 is 0. The average Bonchev–Trinajstić information content (AvgIpc) is 2.32. The smallest absolute Gasteiger partial charge is 0.143 e. The van der Waals surface area contributed by atoms with Crippen LogP contribution in [-0.2, 0) is 15.0 Å². The predicted octanol–water partition coefficient (Wildman–Crippen LogP) is 3.36. The number of carbonyl (C=O) groups is 2. The fraction of sp³-hybridized carbons (Fsp3) is 0.500. The van der Waals surface area contributed by atoms with Gasteiger partial charge in [-0.05, 0) is 37.8 Å². The van der Waals surface area contributed by atoms with Gasteiger partial charge < -0.3 is 0 Å². The molecular weight excluding hydrogens is 224 g/mol. The summed E-state index contributed by atoms with van der Waals surface area (Å²) in [7, 11) is 0. The van der Waals surface area contributed by atoms with Crippen molar-refractivity contribution in [3.8, 4) is 0 Å². The minimum absolute atomic E-state index is 0.105. The van der Waals surface area contributed by atoms with Crippen LogP contribution in [0, 0.1) is 6.92 Å². The van der Waals surface area contributed by atoms with E-state index < -0.39 is 5.41 Å². The number of carbonyl (C=O) groups excluding carboxylic acids is 2. The van der Waals surface area contributed by atoms with Crippen LogP contribution in [0.4, 0.5) is 0 Å². The first-order valence-corrected chi connectivity index (χ1v) is 6.65. The predicted molar refractivity (Wildman–Crippen MR) is 71.6 cm³/mol. The van der Waals surface area contributed by atoms with Gasteiger partial charge in [0.1, 0.15) is 11.6 Å². The Bertz CT molecular complexity index is 476. The molecule has 0 amide bonds. The zero-order valence-electron chi connectivity index (χ0n) is 11.2. The van der Waals surface area contributed by atoms with Crippen LogP contribution in [0.3, 0.4) is 0 Å². The van der Waals surface area contributed by atoms with E-state index in [1.54, 1.807) is 6.92 Å². The second-order valence-electron chi connectivity index (χ2n) is 5.41. The summed E-state index contributed by atoms with van der Waals surface area (Å²) in [6.07, 6.45) is 3.78. The van der Waals surface area contributed by atoms with Gasteiger partial charge in [-0.1, -0.05) is 30.7 Å². The van der Waals surface area contributed by atoms with Gasteiger partial charge in [0.05, 0.1) is 5.41 Å². The molecule has 1 aromatic carbocycles. The fourth-order valence-electron chi connectivity index (χ4n) is 3.19. The highest BCUT2D eigenvalue weighted by atomic mass is 16.1. The van der Waals surface area contributed by atoms with Crippen LogP contribution in [0.5, 0.6) is 0 Å². The maximum absolute atomic E-state index is 12.5. The summed E-state index contributed by atoms with van der Waals surface area (Å²) in [4.78, 5) is 24.0. The third kappa shape index (κ3) is 2.24. The number of hydrogen-bond acceptors (Lipinski definition) is 2. The van der Waals surface area contributed by atoms with E-state index in [0.717, 1.165) is 30.4 Å². The van der Waals surface area contributed by atoms with Crippen molar-refractivity contribution in [1.82, 2.24) is 0 Å². The SMILES string of the molecule is CC(=O)C[C@@]1(c2ccccc2C)CCCCC1=O. The van der Waals surface area contributed by atoms with Gasteiger partial charge in [0.25, 0.3) is 0 Å². The van der Waals surface area contributed by atoms with Gasteiger partial charge in [-0.25, -0.2) is 0 Å².